The highest BCUT2D eigenvalue weighted by Gasteiger charge is 2.42. The number of rotatable bonds is 5. The predicted octanol–water partition coefficient (Wildman–Crippen LogP) is 2.77. The Hall–Kier alpha value is -1.10. The molecule has 0 aliphatic carbocycles. The first-order valence-corrected chi connectivity index (χ1v) is 8.43. The van der Waals surface area contributed by atoms with Crippen molar-refractivity contribution in [3.8, 4) is 0 Å². The van der Waals surface area contributed by atoms with Gasteiger partial charge in [0.2, 0.25) is 5.91 Å². The van der Waals surface area contributed by atoms with Crippen molar-refractivity contribution < 1.29 is 14.6 Å². The maximum Gasteiger partial charge on any atom is 0.235 e. The molecule has 0 saturated heterocycles. The minimum absolute atomic E-state index is 0.0130. The van der Waals surface area contributed by atoms with E-state index in [-0.39, 0.29) is 35.4 Å². The largest absolute Gasteiger partial charge is 0.478 e. The van der Waals surface area contributed by atoms with Crippen LogP contribution in [0.5, 0.6) is 0 Å². The van der Waals surface area contributed by atoms with E-state index in [0.29, 0.717) is 18.9 Å². The van der Waals surface area contributed by atoms with E-state index >= 15 is 0 Å². The maximum atomic E-state index is 12.8. The van der Waals surface area contributed by atoms with Gasteiger partial charge in [-0.1, -0.05) is 41.5 Å². The van der Waals surface area contributed by atoms with Crippen LogP contribution in [-0.2, 0) is 9.53 Å². The number of amides is 1. The molecule has 2 N–H and O–H groups in total. The molecule has 0 spiro atoms. The van der Waals surface area contributed by atoms with E-state index in [1.807, 2.05) is 13.8 Å². The highest BCUT2D eigenvalue weighted by Crippen LogP contribution is 2.32. The number of nitrogens with one attached hydrogen (secondary N) is 1. The van der Waals surface area contributed by atoms with Crippen LogP contribution in [0.2, 0.25) is 0 Å². The van der Waals surface area contributed by atoms with Crippen molar-refractivity contribution in [2.24, 2.45) is 21.2 Å². The van der Waals surface area contributed by atoms with Crippen LogP contribution in [0, 0.1) is 16.2 Å². The van der Waals surface area contributed by atoms with E-state index in [0.717, 1.165) is 0 Å². The van der Waals surface area contributed by atoms with Crippen LogP contribution in [0.15, 0.2) is 4.99 Å². The zero-order valence-electron chi connectivity index (χ0n) is 16.0. The molecule has 1 aliphatic heterocycles. The fraction of sp³-hybridized carbons (Fsp3) is 0.889. The van der Waals surface area contributed by atoms with Crippen LogP contribution in [0.1, 0.15) is 61.8 Å². The second-order valence-corrected chi connectivity index (χ2v) is 9.16. The predicted molar refractivity (Wildman–Crippen MR) is 93.5 cm³/mol. The zero-order chi connectivity index (χ0) is 18.1. The van der Waals surface area contributed by atoms with Gasteiger partial charge < -0.3 is 15.2 Å². The third-order valence-electron chi connectivity index (χ3n) is 4.52. The van der Waals surface area contributed by atoms with Gasteiger partial charge in [0.15, 0.2) is 5.90 Å². The minimum Gasteiger partial charge on any atom is -0.478 e. The summed E-state index contributed by atoms with van der Waals surface area (Å²) in [6.07, 6.45) is 0.531. The summed E-state index contributed by atoms with van der Waals surface area (Å²) in [5.41, 5.74) is -0.932. The molecule has 0 aromatic rings. The van der Waals surface area contributed by atoms with Crippen molar-refractivity contribution in [2.45, 2.75) is 73.9 Å². The fourth-order valence-corrected chi connectivity index (χ4v) is 2.45. The number of carbonyl (C=O) groups excluding carboxylic acids is 1. The van der Waals surface area contributed by atoms with Crippen molar-refractivity contribution in [1.29, 1.82) is 0 Å². The lowest BCUT2D eigenvalue weighted by atomic mass is 9.83. The van der Waals surface area contributed by atoms with Crippen molar-refractivity contribution in [3.63, 3.8) is 0 Å². The molecular weight excluding hydrogens is 292 g/mol. The van der Waals surface area contributed by atoms with Gasteiger partial charge in [-0.05, 0) is 31.1 Å². The SMILES string of the molecule is CC(C)(C(=O)NC(CCO)C(C)(C)C)C1=N[C@H](C(C)(C)C)CO1. The Kier molecular flexibility index (Phi) is 5.89. The number of ether oxygens (including phenoxy) is 1. The van der Waals surface area contributed by atoms with Gasteiger partial charge in [0.1, 0.15) is 12.0 Å². The second kappa shape index (κ2) is 6.80. The number of hydrogen-bond acceptors (Lipinski definition) is 4. The minimum atomic E-state index is -0.820. The van der Waals surface area contributed by atoms with E-state index in [2.05, 4.69) is 51.9 Å². The lowest BCUT2D eigenvalue weighted by Gasteiger charge is -2.34. The first-order chi connectivity index (χ1) is 10.3. The number of hydrogen-bond donors (Lipinski definition) is 2. The second-order valence-electron chi connectivity index (χ2n) is 9.16. The molecule has 5 heteroatoms. The fourth-order valence-electron chi connectivity index (χ4n) is 2.45. The molecule has 2 atom stereocenters. The lowest BCUT2D eigenvalue weighted by molar-refractivity contribution is -0.128. The third-order valence-corrected chi connectivity index (χ3v) is 4.52. The van der Waals surface area contributed by atoms with Gasteiger partial charge in [-0.2, -0.15) is 0 Å². The Bertz CT molecular complexity index is 456. The molecule has 0 bridgehead atoms. The maximum absolute atomic E-state index is 12.8. The summed E-state index contributed by atoms with van der Waals surface area (Å²) in [6.45, 7) is 16.8. The Morgan fingerprint density at radius 1 is 1.26 bits per heavy atom. The molecule has 0 radical (unpaired) electrons. The molecule has 1 rings (SSSR count). The number of aliphatic hydroxyl groups is 1. The van der Waals surface area contributed by atoms with Crippen LogP contribution in [0.25, 0.3) is 0 Å². The zero-order valence-corrected chi connectivity index (χ0v) is 16.0. The van der Waals surface area contributed by atoms with Crippen LogP contribution in [0.4, 0.5) is 0 Å². The Labute approximate surface area is 140 Å². The third kappa shape index (κ3) is 4.93. The highest BCUT2D eigenvalue weighted by atomic mass is 16.5. The molecule has 0 fully saturated rings. The molecule has 0 aromatic heterocycles. The van der Waals surface area contributed by atoms with Gasteiger partial charge in [-0.3, -0.25) is 4.79 Å². The number of aliphatic hydroxyl groups excluding tert-OH is 1. The summed E-state index contributed by atoms with van der Waals surface area (Å²) >= 11 is 0. The van der Waals surface area contributed by atoms with Gasteiger partial charge in [0, 0.05) is 12.6 Å². The molecule has 0 saturated carbocycles. The van der Waals surface area contributed by atoms with Crippen LogP contribution in [-0.4, -0.2) is 42.2 Å². The molecule has 5 nitrogen and oxygen atoms in total. The van der Waals surface area contributed by atoms with E-state index < -0.39 is 5.41 Å². The number of nitrogens with zero attached hydrogens (tertiary/aromatic N) is 1. The molecular formula is C18H34N2O3. The summed E-state index contributed by atoms with van der Waals surface area (Å²) in [5.74, 6) is 0.394. The van der Waals surface area contributed by atoms with E-state index in [1.165, 1.54) is 0 Å². The van der Waals surface area contributed by atoms with Crippen molar-refractivity contribution in [1.82, 2.24) is 5.32 Å². The van der Waals surface area contributed by atoms with Gasteiger partial charge in [0.05, 0.1) is 6.04 Å². The Balaban J connectivity index is 2.89. The van der Waals surface area contributed by atoms with Crippen molar-refractivity contribution in [3.05, 3.63) is 0 Å². The monoisotopic (exact) mass is 326 g/mol. The topological polar surface area (TPSA) is 70.9 Å². The van der Waals surface area contributed by atoms with Crippen molar-refractivity contribution >= 4 is 11.8 Å². The lowest BCUT2D eigenvalue weighted by Crippen LogP contribution is -2.51. The Morgan fingerprint density at radius 2 is 1.83 bits per heavy atom. The van der Waals surface area contributed by atoms with Crippen LogP contribution >= 0.6 is 0 Å². The summed E-state index contributed by atoms with van der Waals surface area (Å²) < 4.78 is 5.74. The van der Waals surface area contributed by atoms with Gasteiger partial charge >= 0.3 is 0 Å². The highest BCUT2D eigenvalue weighted by molar-refractivity contribution is 6.04. The standard InChI is InChI=1S/C18H34N2O3/c1-16(2,3)12(9-10-21)19-14(22)18(7,8)15-20-13(11-23-15)17(4,5)6/h12-13,21H,9-11H2,1-8H3,(H,19,22)/t12?,13-/m0/s1. The molecule has 23 heavy (non-hydrogen) atoms. The molecule has 1 heterocycles. The first kappa shape index (κ1) is 19.9. The molecule has 1 unspecified atom stereocenters. The van der Waals surface area contributed by atoms with Gasteiger partial charge in [0.25, 0.3) is 0 Å². The first-order valence-electron chi connectivity index (χ1n) is 8.43. The Morgan fingerprint density at radius 3 is 2.22 bits per heavy atom. The molecule has 1 aliphatic rings. The average molecular weight is 326 g/mol. The van der Waals surface area contributed by atoms with Crippen molar-refractivity contribution in [2.75, 3.05) is 13.2 Å². The summed E-state index contributed by atoms with van der Waals surface area (Å²) in [6, 6.07) is -0.0277. The summed E-state index contributed by atoms with van der Waals surface area (Å²) in [5, 5.41) is 12.3. The number of aliphatic imine (C=N–C) groups is 1. The van der Waals surface area contributed by atoms with Crippen LogP contribution < -0.4 is 5.32 Å². The summed E-state index contributed by atoms with van der Waals surface area (Å²) in [4.78, 5) is 17.4. The van der Waals surface area contributed by atoms with Gasteiger partial charge in [-0.15, -0.1) is 0 Å². The van der Waals surface area contributed by atoms with Crippen LogP contribution in [0.3, 0.4) is 0 Å². The quantitative estimate of drug-likeness (QED) is 0.816. The summed E-state index contributed by atoms with van der Waals surface area (Å²) in [7, 11) is 0. The molecule has 134 valence electrons. The van der Waals surface area contributed by atoms with E-state index in [1.54, 1.807) is 0 Å². The van der Waals surface area contributed by atoms with E-state index in [4.69, 9.17) is 4.74 Å². The average Bonchev–Trinajstić information content (AvgIpc) is 2.86. The molecule has 1 amide bonds. The normalized spacial score (nSPS) is 20.7. The van der Waals surface area contributed by atoms with Gasteiger partial charge in [-0.25, -0.2) is 4.99 Å². The molecule has 0 aromatic carbocycles. The number of carbonyl (C=O) groups is 1. The van der Waals surface area contributed by atoms with E-state index in [9.17, 15) is 9.90 Å². The smallest absolute Gasteiger partial charge is 0.235 e.